The fourth-order valence-corrected chi connectivity index (χ4v) is 3.56. The molecule has 0 aliphatic carbocycles. The number of hydrogen-bond acceptors (Lipinski definition) is 3. The number of nitrogens with one attached hydrogen (secondary N) is 1. The molecule has 0 radical (unpaired) electrons. The van der Waals surface area contributed by atoms with Crippen LogP contribution in [0, 0.1) is 5.92 Å². The van der Waals surface area contributed by atoms with Gasteiger partial charge in [0.2, 0.25) is 5.91 Å². The van der Waals surface area contributed by atoms with E-state index in [2.05, 4.69) is 41.4 Å². The molecule has 2 aromatic rings. The highest BCUT2D eigenvalue weighted by molar-refractivity contribution is 5.92. The van der Waals surface area contributed by atoms with Gasteiger partial charge >= 0.3 is 0 Å². The molecular formula is C24H30N2O2. The maximum atomic E-state index is 12.3. The first-order valence-corrected chi connectivity index (χ1v) is 10.0. The predicted octanol–water partition coefficient (Wildman–Crippen LogP) is 4.82. The van der Waals surface area contributed by atoms with E-state index in [1.54, 1.807) is 19.3 Å². The number of methoxy groups -OCH3 is 1. The molecule has 1 aliphatic heterocycles. The minimum absolute atomic E-state index is 0.0507. The molecule has 1 fully saturated rings. The molecule has 0 bridgehead atoms. The Morgan fingerprint density at radius 3 is 2.50 bits per heavy atom. The maximum Gasteiger partial charge on any atom is 0.244 e. The van der Waals surface area contributed by atoms with Crippen LogP contribution in [0.15, 0.2) is 54.6 Å². The van der Waals surface area contributed by atoms with Gasteiger partial charge in [0.25, 0.3) is 0 Å². The lowest BCUT2D eigenvalue weighted by Crippen LogP contribution is -2.32. The summed E-state index contributed by atoms with van der Waals surface area (Å²) in [6, 6.07) is 16.1. The van der Waals surface area contributed by atoms with Crippen LogP contribution in [0.2, 0.25) is 0 Å². The van der Waals surface area contributed by atoms with Gasteiger partial charge < -0.3 is 15.0 Å². The Morgan fingerprint density at radius 2 is 1.82 bits per heavy atom. The highest BCUT2D eigenvalue weighted by atomic mass is 16.5. The number of ether oxygens (including phenoxy) is 1. The van der Waals surface area contributed by atoms with Gasteiger partial charge in [-0.05, 0) is 55.5 Å². The molecule has 4 nitrogen and oxygen atoms in total. The van der Waals surface area contributed by atoms with E-state index in [-0.39, 0.29) is 11.9 Å². The van der Waals surface area contributed by atoms with Gasteiger partial charge in [-0.3, -0.25) is 4.79 Å². The number of amides is 1. The average Bonchev–Trinajstić information content (AvgIpc) is 2.73. The largest absolute Gasteiger partial charge is 0.496 e. The van der Waals surface area contributed by atoms with Gasteiger partial charge in [-0.1, -0.05) is 37.3 Å². The van der Waals surface area contributed by atoms with Gasteiger partial charge in [0.05, 0.1) is 13.2 Å². The van der Waals surface area contributed by atoms with Crippen molar-refractivity contribution >= 4 is 17.7 Å². The van der Waals surface area contributed by atoms with E-state index in [4.69, 9.17) is 4.74 Å². The molecule has 28 heavy (non-hydrogen) atoms. The maximum absolute atomic E-state index is 12.3. The van der Waals surface area contributed by atoms with Gasteiger partial charge in [-0.2, -0.15) is 0 Å². The minimum atomic E-state index is -0.118. The summed E-state index contributed by atoms with van der Waals surface area (Å²) in [5.41, 5.74) is 3.26. The van der Waals surface area contributed by atoms with Crippen molar-refractivity contribution in [3.63, 3.8) is 0 Å². The normalized spacial score (nSPS) is 16.2. The van der Waals surface area contributed by atoms with Gasteiger partial charge in [0.15, 0.2) is 0 Å². The Kier molecular flexibility index (Phi) is 6.75. The summed E-state index contributed by atoms with van der Waals surface area (Å²) >= 11 is 0. The van der Waals surface area contributed by atoms with Crippen LogP contribution in [0.3, 0.4) is 0 Å². The number of benzene rings is 2. The minimum Gasteiger partial charge on any atom is -0.496 e. The summed E-state index contributed by atoms with van der Waals surface area (Å²) < 4.78 is 5.31. The third-order valence-corrected chi connectivity index (χ3v) is 5.45. The van der Waals surface area contributed by atoms with E-state index in [0.717, 1.165) is 35.9 Å². The number of nitrogens with zero attached hydrogens (tertiary/aromatic N) is 1. The van der Waals surface area contributed by atoms with Gasteiger partial charge in [-0.25, -0.2) is 0 Å². The van der Waals surface area contributed by atoms with Crippen LogP contribution in [-0.4, -0.2) is 26.1 Å². The molecule has 2 aromatic carbocycles. The number of hydrogen-bond donors (Lipinski definition) is 1. The molecule has 0 saturated carbocycles. The second-order valence-electron chi connectivity index (χ2n) is 7.57. The molecule has 0 aromatic heterocycles. The van der Waals surface area contributed by atoms with Crippen molar-refractivity contribution in [2.75, 3.05) is 25.1 Å². The van der Waals surface area contributed by atoms with Crippen molar-refractivity contribution in [2.45, 2.75) is 32.7 Å². The van der Waals surface area contributed by atoms with Crippen molar-refractivity contribution in [3.8, 4) is 5.75 Å². The number of carbonyl (C=O) groups is 1. The van der Waals surface area contributed by atoms with Crippen LogP contribution in [-0.2, 0) is 4.79 Å². The van der Waals surface area contributed by atoms with Crippen molar-refractivity contribution in [1.82, 2.24) is 5.32 Å². The van der Waals surface area contributed by atoms with E-state index in [1.165, 1.54) is 18.5 Å². The standard InChI is InChI=1S/C24H30N2O2/c1-18-14-16-26(17-15-18)22-11-8-20(9-12-22)19(2)25-24(27)13-10-21-6-4-5-7-23(21)28-3/h4-13,18-19H,14-17H2,1-3H3,(H,25,27)/b13-10+/t19-/m0/s1. The molecule has 1 N–H and O–H groups in total. The lowest BCUT2D eigenvalue weighted by atomic mass is 9.98. The van der Waals surface area contributed by atoms with Gasteiger partial charge in [0.1, 0.15) is 5.75 Å². The number of anilines is 1. The number of piperidine rings is 1. The Labute approximate surface area is 168 Å². The molecule has 4 heteroatoms. The lowest BCUT2D eigenvalue weighted by molar-refractivity contribution is -0.117. The molecule has 1 saturated heterocycles. The summed E-state index contributed by atoms with van der Waals surface area (Å²) in [7, 11) is 1.63. The second kappa shape index (κ2) is 9.45. The summed E-state index contributed by atoms with van der Waals surface area (Å²) in [5, 5.41) is 3.03. The zero-order valence-corrected chi connectivity index (χ0v) is 17.0. The summed E-state index contributed by atoms with van der Waals surface area (Å²) in [5.74, 6) is 1.46. The molecule has 0 spiro atoms. The smallest absolute Gasteiger partial charge is 0.244 e. The molecular weight excluding hydrogens is 348 g/mol. The molecule has 1 heterocycles. The fourth-order valence-electron chi connectivity index (χ4n) is 3.56. The SMILES string of the molecule is COc1ccccc1/C=C/C(=O)N[C@@H](C)c1ccc(N2CCC(C)CC2)cc1. The van der Waals surface area contributed by atoms with E-state index in [0.29, 0.717) is 0 Å². The molecule has 1 aliphatic rings. The molecule has 0 unspecified atom stereocenters. The van der Waals surface area contributed by atoms with Crippen LogP contribution in [0.1, 0.15) is 43.9 Å². The highest BCUT2D eigenvalue weighted by Gasteiger charge is 2.16. The first kappa shape index (κ1) is 20.0. The van der Waals surface area contributed by atoms with Crippen LogP contribution in [0.5, 0.6) is 5.75 Å². The van der Waals surface area contributed by atoms with Crippen LogP contribution >= 0.6 is 0 Å². The van der Waals surface area contributed by atoms with E-state index < -0.39 is 0 Å². The van der Waals surface area contributed by atoms with Crippen LogP contribution in [0.25, 0.3) is 6.08 Å². The second-order valence-corrected chi connectivity index (χ2v) is 7.57. The Balaban J connectivity index is 1.57. The number of rotatable bonds is 6. The third-order valence-electron chi connectivity index (χ3n) is 5.45. The number of carbonyl (C=O) groups excluding carboxylic acids is 1. The number of para-hydroxylation sites is 1. The van der Waals surface area contributed by atoms with E-state index in [1.807, 2.05) is 31.2 Å². The van der Waals surface area contributed by atoms with Crippen LogP contribution < -0.4 is 15.0 Å². The topological polar surface area (TPSA) is 41.6 Å². The molecule has 3 rings (SSSR count). The molecule has 1 amide bonds. The van der Waals surface area contributed by atoms with Crippen molar-refractivity contribution in [2.24, 2.45) is 5.92 Å². The Morgan fingerprint density at radius 1 is 1.14 bits per heavy atom. The summed E-state index contributed by atoms with van der Waals surface area (Å²) in [6.45, 7) is 6.58. The lowest BCUT2D eigenvalue weighted by Gasteiger charge is -2.32. The third kappa shape index (κ3) is 5.16. The zero-order valence-electron chi connectivity index (χ0n) is 17.0. The summed E-state index contributed by atoms with van der Waals surface area (Å²) in [6.07, 6.45) is 5.85. The summed E-state index contributed by atoms with van der Waals surface area (Å²) in [4.78, 5) is 14.7. The van der Waals surface area contributed by atoms with Crippen molar-refractivity contribution < 1.29 is 9.53 Å². The monoisotopic (exact) mass is 378 g/mol. The highest BCUT2D eigenvalue weighted by Crippen LogP contribution is 2.24. The predicted molar refractivity (Wildman–Crippen MR) is 116 cm³/mol. The fraction of sp³-hybridized carbons (Fsp3) is 0.375. The first-order valence-electron chi connectivity index (χ1n) is 10.0. The van der Waals surface area contributed by atoms with Gasteiger partial charge in [0, 0.05) is 30.4 Å². The zero-order chi connectivity index (χ0) is 19.9. The van der Waals surface area contributed by atoms with Crippen molar-refractivity contribution in [1.29, 1.82) is 0 Å². The van der Waals surface area contributed by atoms with E-state index in [9.17, 15) is 4.79 Å². The Bertz CT molecular complexity index is 806. The van der Waals surface area contributed by atoms with Crippen molar-refractivity contribution in [3.05, 3.63) is 65.7 Å². The van der Waals surface area contributed by atoms with E-state index >= 15 is 0 Å². The van der Waals surface area contributed by atoms with Gasteiger partial charge in [-0.15, -0.1) is 0 Å². The Hall–Kier alpha value is -2.75. The van der Waals surface area contributed by atoms with Crippen LogP contribution in [0.4, 0.5) is 5.69 Å². The average molecular weight is 379 g/mol. The molecule has 148 valence electrons. The first-order chi connectivity index (χ1) is 13.6. The molecule has 1 atom stereocenters. The quantitative estimate of drug-likeness (QED) is 0.733.